The first-order valence-corrected chi connectivity index (χ1v) is 6.32. The van der Waals surface area contributed by atoms with E-state index in [-0.39, 0.29) is 24.0 Å². The summed E-state index contributed by atoms with van der Waals surface area (Å²) in [4.78, 5) is 0. The highest BCUT2D eigenvalue weighted by Crippen LogP contribution is 2.28. The van der Waals surface area contributed by atoms with Crippen LogP contribution in [0.4, 0.5) is 0 Å². The van der Waals surface area contributed by atoms with Crippen molar-refractivity contribution in [3.63, 3.8) is 0 Å². The highest BCUT2D eigenvalue weighted by atomic mass is 127. The van der Waals surface area contributed by atoms with Crippen LogP contribution in [0.25, 0.3) is 5.57 Å². The molecule has 0 fully saturated rings. The van der Waals surface area contributed by atoms with Gasteiger partial charge in [0.25, 0.3) is 5.88 Å². The molecule has 0 saturated heterocycles. The fourth-order valence-corrected chi connectivity index (χ4v) is 2.50. The minimum atomic E-state index is 0. The predicted octanol–water partition coefficient (Wildman–Crippen LogP) is -1.20. The van der Waals surface area contributed by atoms with Crippen molar-refractivity contribution in [2.75, 3.05) is 33.8 Å². The van der Waals surface area contributed by atoms with Crippen LogP contribution in [0.15, 0.2) is 6.08 Å². The van der Waals surface area contributed by atoms with Crippen molar-refractivity contribution >= 4 is 17.3 Å². The second-order valence-electron chi connectivity index (χ2n) is 4.69. The molecule has 1 aromatic rings. The Balaban J connectivity index is 0.00000144. The standard InChI is InChI=1S/C11H18N3OS.HI/c1-4-15-11-10(12-16-13-11)9-6-5-7-14(2,3)8-9;/h6H,4-5,7-8H2,1-3H3;1H/q+1;/p-1. The van der Waals surface area contributed by atoms with Crippen molar-refractivity contribution in [2.24, 2.45) is 0 Å². The molecule has 0 saturated carbocycles. The molecule has 2 rings (SSSR count). The van der Waals surface area contributed by atoms with E-state index in [4.69, 9.17) is 4.74 Å². The van der Waals surface area contributed by atoms with Gasteiger partial charge in [-0.3, -0.25) is 0 Å². The molecule has 0 bridgehead atoms. The average Bonchev–Trinajstić information content (AvgIpc) is 2.65. The first-order valence-electron chi connectivity index (χ1n) is 5.59. The van der Waals surface area contributed by atoms with Crippen molar-refractivity contribution in [2.45, 2.75) is 13.3 Å². The molecule has 96 valence electrons. The minimum absolute atomic E-state index is 0. The summed E-state index contributed by atoms with van der Waals surface area (Å²) in [5, 5.41) is 0. The van der Waals surface area contributed by atoms with E-state index >= 15 is 0 Å². The molecule has 0 aromatic carbocycles. The van der Waals surface area contributed by atoms with E-state index in [9.17, 15) is 0 Å². The third-order valence-electron chi connectivity index (χ3n) is 2.77. The van der Waals surface area contributed by atoms with E-state index in [1.54, 1.807) is 0 Å². The summed E-state index contributed by atoms with van der Waals surface area (Å²) in [6, 6.07) is 0. The van der Waals surface area contributed by atoms with Gasteiger partial charge in [0.15, 0.2) is 0 Å². The molecule has 1 aliphatic rings. The molecule has 1 aliphatic heterocycles. The Morgan fingerprint density at radius 3 is 2.82 bits per heavy atom. The highest BCUT2D eigenvalue weighted by molar-refractivity contribution is 6.99. The van der Waals surface area contributed by atoms with Gasteiger partial charge in [-0.1, -0.05) is 6.08 Å². The third-order valence-corrected chi connectivity index (χ3v) is 3.28. The molecule has 0 atom stereocenters. The number of halogens is 1. The maximum absolute atomic E-state index is 5.49. The van der Waals surface area contributed by atoms with Gasteiger partial charge in [-0.15, -0.1) is 4.37 Å². The van der Waals surface area contributed by atoms with Crippen molar-refractivity contribution in [1.29, 1.82) is 0 Å². The predicted molar refractivity (Wildman–Crippen MR) is 65.5 cm³/mol. The Hall–Kier alpha value is -0.210. The second kappa shape index (κ2) is 6.10. The van der Waals surface area contributed by atoms with Crippen molar-refractivity contribution in [1.82, 2.24) is 8.75 Å². The van der Waals surface area contributed by atoms with Gasteiger partial charge in [0.2, 0.25) is 0 Å². The zero-order chi connectivity index (χ0) is 11.6. The number of quaternary nitrogens is 1. The largest absolute Gasteiger partial charge is 1.00 e. The van der Waals surface area contributed by atoms with E-state index in [2.05, 4.69) is 28.9 Å². The fourth-order valence-electron chi connectivity index (χ4n) is 1.97. The van der Waals surface area contributed by atoms with Gasteiger partial charge in [0.05, 0.1) is 39.0 Å². The fraction of sp³-hybridized carbons (Fsp3) is 0.636. The Morgan fingerprint density at radius 2 is 2.18 bits per heavy atom. The first kappa shape index (κ1) is 14.8. The van der Waals surface area contributed by atoms with Crippen molar-refractivity contribution < 1.29 is 33.2 Å². The molecule has 0 radical (unpaired) electrons. The number of aromatic nitrogens is 2. The summed E-state index contributed by atoms with van der Waals surface area (Å²) >= 11 is 1.23. The lowest BCUT2D eigenvalue weighted by atomic mass is 10.1. The maximum atomic E-state index is 5.49. The SMILES string of the molecule is CCOc1nsnc1C1=CCC[N+](C)(C)C1.[I-]. The zero-order valence-electron chi connectivity index (χ0n) is 10.4. The van der Waals surface area contributed by atoms with Gasteiger partial charge in [-0.25, -0.2) is 0 Å². The molecule has 0 spiro atoms. The van der Waals surface area contributed by atoms with Crippen LogP contribution < -0.4 is 28.7 Å². The Bertz CT molecular complexity index is 403. The van der Waals surface area contributed by atoms with E-state index in [1.165, 1.54) is 23.8 Å². The molecule has 4 nitrogen and oxygen atoms in total. The van der Waals surface area contributed by atoms with E-state index in [1.807, 2.05) is 6.92 Å². The second-order valence-corrected chi connectivity index (χ2v) is 5.21. The summed E-state index contributed by atoms with van der Waals surface area (Å²) in [6.07, 6.45) is 3.37. The van der Waals surface area contributed by atoms with Gasteiger partial charge in [0.1, 0.15) is 12.2 Å². The first-order chi connectivity index (χ1) is 7.62. The summed E-state index contributed by atoms with van der Waals surface area (Å²) in [5.41, 5.74) is 2.21. The van der Waals surface area contributed by atoms with Crippen LogP contribution in [0.1, 0.15) is 19.0 Å². The van der Waals surface area contributed by atoms with Gasteiger partial charge < -0.3 is 33.2 Å². The van der Waals surface area contributed by atoms with Crippen molar-refractivity contribution in [3.05, 3.63) is 11.8 Å². The van der Waals surface area contributed by atoms with E-state index in [0.717, 1.165) is 23.1 Å². The Kier molecular flexibility index (Phi) is 5.33. The lowest BCUT2D eigenvalue weighted by Crippen LogP contribution is -3.00. The van der Waals surface area contributed by atoms with Crippen molar-refractivity contribution in [3.8, 4) is 5.88 Å². The van der Waals surface area contributed by atoms with Crippen LogP contribution in [-0.2, 0) is 0 Å². The van der Waals surface area contributed by atoms with Gasteiger partial charge in [-0.05, 0) is 6.92 Å². The maximum Gasteiger partial charge on any atom is 0.253 e. The quantitative estimate of drug-likeness (QED) is 0.498. The number of ether oxygens (including phenoxy) is 1. The summed E-state index contributed by atoms with van der Waals surface area (Å²) in [5.74, 6) is 0.695. The van der Waals surface area contributed by atoms with Gasteiger partial charge in [-0.2, -0.15) is 4.37 Å². The van der Waals surface area contributed by atoms with Crippen LogP contribution in [0.5, 0.6) is 5.88 Å². The number of hydrogen-bond donors (Lipinski definition) is 0. The smallest absolute Gasteiger partial charge is 0.253 e. The molecule has 6 heteroatoms. The van der Waals surface area contributed by atoms with E-state index < -0.39 is 0 Å². The number of nitrogens with zero attached hydrogens (tertiary/aromatic N) is 3. The lowest BCUT2D eigenvalue weighted by Gasteiger charge is -2.33. The van der Waals surface area contributed by atoms with Gasteiger partial charge >= 0.3 is 0 Å². The van der Waals surface area contributed by atoms with Gasteiger partial charge in [0, 0.05) is 12.0 Å². The Morgan fingerprint density at radius 1 is 1.41 bits per heavy atom. The monoisotopic (exact) mass is 367 g/mol. The number of hydrogen-bond acceptors (Lipinski definition) is 4. The van der Waals surface area contributed by atoms with Crippen LogP contribution >= 0.6 is 11.7 Å². The summed E-state index contributed by atoms with van der Waals surface area (Å²) < 4.78 is 15.0. The average molecular weight is 367 g/mol. The highest BCUT2D eigenvalue weighted by Gasteiger charge is 2.25. The minimum Gasteiger partial charge on any atom is -1.00 e. The molecule has 1 aromatic heterocycles. The topological polar surface area (TPSA) is 35.0 Å². The van der Waals surface area contributed by atoms with Crippen LogP contribution in [0.3, 0.4) is 0 Å². The summed E-state index contributed by atoms with van der Waals surface area (Å²) in [7, 11) is 4.49. The molecule has 17 heavy (non-hydrogen) atoms. The number of likely N-dealkylation sites (N-methyl/N-ethyl adjacent to an activating group) is 1. The van der Waals surface area contributed by atoms with Crippen LogP contribution in [-0.4, -0.2) is 47.0 Å². The summed E-state index contributed by atoms with van der Waals surface area (Å²) in [6.45, 7) is 4.80. The van der Waals surface area contributed by atoms with Crippen LogP contribution in [0, 0.1) is 0 Å². The third kappa shape index (κ3) is 3.62. The molecular formula is C11H18IN3OS. The normalized spacial score (nSPS) is 18.2. The molecular weight excluding hydrogens is 349 g/mol. The molecule has 0 amide bonds. The lowest BCUT2D eigenvalue weighted by molar-refractivity contribution is -0.883. The molecule has 2 heterocycles. The van der Waals surface area contributed by atoms with Crippen LogP contribution in [0.2, 0.25) is 0 Å². The molecule has 0 N–H and O–H groups in total. The zero-order valence-corrected chi connectivity index (χ0v) is 13.4. The molecule has 0 unspecified atom stereocenters. The molecule has 0 aliphatic carbocycles. The van der Waals surface area contributed by atoms with E-state index in [0.29, 0.717) is 12.5 Å². The Labute approximate surface area is 124 Å². The number of rotatable bonds is 3.